The van der Waals surface area contributed by atoms with E-state index >= 15 is 0 Å². The highest BCUT2D eigenvalue weighted by molar-refractivity contribution is 5.83. The van der Waals surface area contributed by atoms with Gasteiger partial charge in [-0.05, 0) is 41.5 Å². The summed E-state index contributed by atoms with van der Waals surface area (Å²) in [5.41, 5.74) is -0.802. The zero-order chi connectivity index (χ0) is 16.8. The van der Waals surface area contributed by atoms with E-state index < -0.39 is 29.2 Å². The van der Waals surface area contributed by atoms with Gasteiger partial charge in [-0.25, -0.2) is 9.59 Å². The van der Waals surface area contributed by atoms with E-state index in [1.807, 2.05) is 0 Å². The Hall–Kier alpha value is -1.62. The molecule has 0 aromatic carbocycles. The zero-order valence-corrected chi connectivity index (χ0v) is 13.7. The van der Waals surface area contributed by atoms with Crippen molar-refractivity contribution < 1.29 is 24.2 Å². The third kappa shape index (κ3) is 10.8. The van der Waals surface area contributed by atoms with E-state index in [0.717, 1.165) is 0 Å². The van der Waals surface area contributed by atoms with Crippen LogP contribution in [0.25, 0.3) is 0 Å². The van der Waals surface area contributed by atoms with Gasteiger partial charge < -0.3 is 14.6 Å². The summed E-state index contributed by atoms with van der Waals surface area (Å²) in [6.07, 6.45) is 1.32. The molecule has 0 aromatic rings. The fraction of sp³-hybridized carbons (Fsp3) is 0.625. The van der Waals surface area contributed by atoms with Gasteiger partial charge in [0.15, 0.2) is 6.10 Å². The quantitative estimate of drug-likeness (QED) is 0.480. The summed E-state index contributed by atoms with van der Waals surface area (Å²) in [5, 5.41) is 9.72. The smallest absolute Gasteiger partial charge is 0.335 e. The maximum absolute atomic E-state index is 11.6. The van der Waals surface area contributed by atoms with Crippen LogP contribution < -0.4 is 0 Å². The number of ether oxygens (including phenoxy) is 2. The molecule has 0 aliphatic rings. The van der Waals surface area contributed by atoms with Gasteiger partial charge in [0, 0.05) is 12.5 Å². The number of carbonyl (C=O) groups excluding carboxylic acids is 2. The van der Waals surface area contributed by atoms with Gasteiger partial charge in [0.05, 0.1) is 0 Å². The highest BCUT2D eigenvalue weighted by atomic mass is 16.6. The Morgan fingerprint density at radius 2 is 1.52 bits per heavy atom. The van der Waals surface area contributed by atoms with E-state index in [2.05, 4.69) is 6.58 Å². The molecule has 0 aromatic heterocycles. The Kier molecular flexibility index (Phi) is 6.83. The molecule has 5 nitrogen and oxygen atoms in total. The summed E-state index contributed by atoms with van der Waals surface area (Å²) >= 11 is 0. The molecule has 0 spiro atoms. The summed E-state index contributed by atoms with van der Waals surface area (Å²) in [5.74, 6) is -1.22. The van der Waals surface area contributed by atoms with Crippen molar-refractivity contribution in [3.05, 3.63) is 24.3 Å². The third-order valence-corrected chi connectivity index (χ3v) is 2.00. The van der Waals surface area contributed by atoms with Gasteiger partial charge in [-0.3, -0.25) is 0 Å². The first-order chi connectivity index (χ1) is 9.30. The Balaban J connectivity index is 4.37. The van der Waals surface area contributed by atoms with Crippen LogP contribution in [-0.2, 0) is 19.1 Å². The molecular formula is C16H26O5. The summed E-state index contributed by atoms with van der Waals surface area (Å²) in [6, 6.07) is 0. The molecule has 21 heavy (non-hydrogen) atoms. The van der Waals surface area contributed by atoms with Gasteiger partial charge in [-0.1, -0.05) is 18.2 Å². The van der Waals surface area contributed by atoms with Crippen molar-refractivity contribution in [2.75, 3.05) is 0 Å². The molecule has 0 aliphatic heterocycles. The van der Waals surface area contributed by atoms with Gasteiger partial charge >= 0.3 is 11.9 Å². The summed E-state index contributed by atoms with van der Waals surface area (Å²) in [6.45, 7) is 14.1. The van der Waals surface area contributed by atoms with Crippen molar-refractivity contribution in [1.82, 2.24) is 0 Å². The van der Waals surface area contributed by atoms with E-state index in [9.17, 15) is 14.7 Å². The molecule has 0 heterocycles. The van der Waals surface area contributed by atoms with Crippen molar-refractivity contribution in [2.24, 2.45) is 0 Å². The molecule has 0 radical (unpaired) electrons. The van der Waals surface area contributed by atoms with Crippen LogP contribution >= 0.6 is 0 Å². The van der Waals surface area contributed by atoms with Gasteiger partial charge in [-0.2, -0.15) is 0 Å². The lowest BCUT2D eigenvalue weighted by Crippen LogP contribution is -2.31. The minimum atomic E-state index is -1.31. The topological polar surface area (TPSA) is 72.8 Å². The lowest BCUT2D eigenvalue weighted by atomic mass is 10.1. The molecule has 5 heteroatoms. The van der Waals surface area contributed by atoms with Crippen molar-refractivity contribution in [3.8, 4) is 0 Å². The largest absolute Gasteiger partial charge is 0.458 e. The van der Waals surface area contributed by atoms with Crippen LogP contribution in [0.15, 0.2) is 24.3 Å². The SMILES string of the molecule is C=C(/C=C/C(=O)OC(C)(C)C)CC(O)C(=O)OC(C)(C)C. The number of aliphatic hydroxyl groups is 1. The zero-order valence-electron chi connectivity index (χ0n) is 13.7. The Bertz CT molecular complexity index is 421. The summed E-state index contributed by atoms with van der Waals surface area (Å²) < 4.78 is 10.1. The molecule has 0 aliphatic carbocycles. The normalized spacial score (nSPS) is 13.9. The van der Waals surface area contributed by atoms with Crippen LogP contribution in [0.4, 0.5) is 0 Å². The predicted octanol–water partition coefficient (Wildman–Crippen LogP) is 2.53. The molecule has 0 saturated carbocycles. The Morgan fingerprint density at radius 3 is 1.95 bits per heavy atom. The number of aliphatic hydroxyl groups excluding tert-OH is 1. The number of carbonyl (C=O) groups is 2. The molecule has 1 N–H and O–H groups in total. The second-order valence-electron chi connectivity index (χ2n) is 6.78. The fourth-order valence-corrected chi connectivity index (χ4v) is 1.29. The highest BCUT2D eigenvalue weighted by Gasteiger charge is 2.23. The average molecular weight is 298 g/mol. The highest BCUT2D eigenvalue weighted by Crippen LogP contribution is 2.13. The average Bonchev–Trinajstić information content (AvgIpc) is 2.21. The molecule has 120 valence electrons. The maximum Gasteiger partial charge on any atom is 0.335 e. The Morgan fingerprint density at radius 1 is 1.05 bits per heavy atom. The molecule has 1 atom stereocenters. The van der Waals surface area contributed by atoms with Crippen molar-refractivity contribution in [1.29, 1.82) is 0 Å². The lowest BCUT2D eigenvalue weighted by molar-refractivity contribution is -0.164. The lowest BCUT2D eigenvalue weighted by Gasteiger charge is -2.21. The maximum atomic E-state index is 11.6. The first kappa shape index (κ1) is 19.4. The molecule has 1 unspecified atom stereocenters. The molecule has 0 rings (SSSR count). The number of hydrogen-bond donors (Lipinski definition) is 1. The van der Waals surface area contributed by atoms with Gasteiger partial charge in [0.1, 0.15) is 11.2 Å². The molecular weight excluding hydrogens is 272 g/mol. The molecule has 0 saturated heterocycles. The van der Waals surface area contributed by atoms with Crippen molar-refractivity contribution in [3.63, 3.8) is 0 Å². The Labute approximate surface area is 126 Å². The van der Waals surface area contributed by atoms with Crippen LogP contribution in [0, 0.1) is 0 Å². The third-order valence-electron chi connectivity index (χ3n) is 2.00. The second-order valence-corrected chi connectivity index (χ2v) is 6.78. The number of allylic oxidation sites excluding steroid dienone is 1. The first-order valence-corrected chi connectivity index (χ1v) is 6.80. The molecule has 0 fully saturated rings. The van der Waals surface area contributed by atoms with Crippen LogP contribution in [0.2, 0.25) is 0 Å². The fourth-order valence-electron chi connectivity index (χ4n) is 1.29. The van der Waals surface area contributed by atoms with Crippen molar-refractivity contribution in [2.45, 2.75) is 65.3 Å². The second kappa shape index (κ2) is 7.41. The van der Waals surface area contributed by atoms with E-state index in [1.165, 1.54) is 12.2 Å². The van der Waals surface area contributed by atoms with Gasteiger partial charge in [-0.15, -0.1) is 0 Å². The van der Waals surface area contributed by atoms with Gasteiger partial charge in [0.2, 0.25) is 0 Å². The van der Waals surface area contributed by atoms with E-state index in [1.54, 1.807) is 41.5 Å². The van der Waals surface area contributed by atoms with E-state index in [-0.39, 0.29) is 6.42 Å². The van der Waals surface area contributed by atoms with Crippen LogP contribution in [0.5, 0.6) is 0 Å². The molecule has 0 bridgehead atoms. The minimum absolute atomic E-state index is 0.00574. The van der Waals surface area contributed by atoms with Gasteiger partial charge in [0.25, 0.3) is 0 Å². The first-order valence-electron chi connectivity index (χ1n) is 6.80. The van der Waals surface area contributed by atoms with E-state index in [4.69, 9.17) is 9.47 Å². The number of esters is 2. The molecule has 0 amide bonds. The standard InChI is InChI=1S/C16H26O5/c1-11(8-9-13(18)20-15(2,3)4)10-12(17)14(19)21-16(5,6)7/h8-9,12,17H,1,10H2,2-7H3/b9-8+. The summed E-state index contributed by atoms with van der Waals surface area (Å²) in [4.78, 5) is 23.1. The van der Waals surface area contributed by atoms with Crippen LogP contribution in [0.3, 0.4) is 0 Å². The number of hydrogen-bond acceptors (Lipinski definition) is 5. The monoisotopic (exact) mass is 298 g/mol. The summed E-state index contributed by atoms with van der Waals surface area (Å²) in [7, 11) is 0. The van der Waals surface area contributed by atoms with Crippen LogP contribution in [0.1, 0.15) is 48.0 Å². The van der Waals surface area contributed by atoms with Crippen molar-refractivity contribution >= 4 is 11.9 Å². The van der Waals surface area contributed by atoms with E-state index in [0.29, 0.717) is 5.57 Å². The predicted molar refractivity (Wildman–Crippen MR) is 80.6 cm³/mol. The van der Waals surface area contributed by atoms with Crippen LogP contribution in [-0.4, -0.2) is 34.4 Å². The number of rotatable bonds is 5. The minimum Gasteiger partial charge on any atom is -0.458 e.